The Labute approximate surface area is 128 Å². The Morgan fingerprint density at radius 2 is 1.95 bits per heavy atom. The first kappa shape index (κ1) is 15.3. The highest BCUT2D eigenvalue weighted by molar-refractivity contribution is 7.80. The van der Waals surface area contributed by atoms with Crippen LogP contribution in [-0.2, 0) is 6.54 Å². The number of nitrogens with one attached hydrogen (secondary N) is 2. The van der Waals surface area contributed by atoms with Crippen LogP contribution in [0.15, 0.2) is 30.3 Å². The fourth-order valence-electron chi connectivity index (χ4n) is 2.49. The Morgan fingerprint density at radius 1 is 1.30 bits per heavy atom. The van der Waals surface area contributed by atoms with E-state index in [-0.39, 0.29) is 0 Å². The van der Waals surface area contributed by atoms with E-state index in [1.54, 1.807) is 4.90 Å². The van der Waals surface area contributed by atoms with Crippen molar-refractivity contribution in [1.29, 1.82) is 0 Å². The van der Waals surface area contributed by atoms with Gasteiger partial charge in [0.2, 0.25) is 0 Å². The molecule has 2 N–H and O–H groups in total. The Morgan fingerprint density at radius 3 is 2.55 bits per heavy atom. The third-order valence-electron chi connectivity index (χ3n) is 4.04. The van der Waals surface area contributed by atoms with E-state index >= 15 is 0 Å². The van der Waals surface area contributed by atoms with Crippen molar-refractivity contribution < 1.29 is 4.90 Å². The van der Waals surface area contributed by atoms with Gasteiger partial charge in [0, 0.05) is 11.6 Å². The highest BCUT2D eigenvalue weighted by Crippen LogP contribution is 1.98. The molecule has 0 amide bonds. The molecule has 110 valence electrons. The summed E-state index contributed by atoms with van der Waals surface area (Å²) in [5.41, 5.74) is 1.43. The molecule has 1 aromatic carbocycles. The zero-order valence-electron chi connectivity index (χ0n) is 12.6. The minimum atomic E-state index is 0.470. The lowest BCUT2D eigenvalue weighted by molar-refractivity contribution is -0.917. The molecule has 0 aromatic heterocycles. The SMILES string of the molecule is CC[C@@H](C)NC(=S)N1CC[NH+](Cc2ccccc2)CC1. The van der Waals surface area contributed by atoms with Crippen molar-refractivity contribution in [2.75, 3.05) is 26.2 Å². The summed E-state index contributed by atoms with van der Waals surface area (Å²) in [6, 6.07) is 11.2. The maximum absolute atomic E-state index is 5.49. The summed E-state index contributed by atoms with van der Waals surface area (Å²) in [7, 11) is 0. The minimum Gasteiger partial charge on any atom is -0.360 e. The van der Waals surface area contributed by atoms with Gasteiger partial charge in [-0.2, -0.15) is 0 Å². The van der Waals surface area contributed by atoms with Crippen LogP contribution in [0.5, 0.6) is 0 Å². The van der Waals surface area contributed by atoms with Gasteiger partial charge in [-0.05, 0) is 25.6 Å². The van der Waals surface area contributed by atoms with Crippen LogP contribution < -0.4 is 10.2 Å². The molecule has 1 heterocycles. The largest absolute Gasteiger partial charge is 0.360 e. The molecule has 1 aliphatic heterocycles. The van der Waals surface area contributed by atoms with Crippen molar-refractivity contribution in [3.8, 4) is 0 Å². The van der Waals surface area contributed by atoms with Crippen LogP contribution in [0.4, 0.5) is 0 Å². The molecule has 1 aromatic rings. The van der Waals surface area contributed by atoms with Crippen LogP contribution in [0.1, 0.15) is 25.8 Å². The molecule has 0 aliphatic carbocycles. The van der Waals surface area contributed by atoms with E-state index < -0.39 is 0 Å². The van der Waals surface area contributed by atoms with Gasteiger partial charge < -0.3 is 15.1 Å². The summed E-state index contributed by atoms with van der Waals surface area (Å²) in [4.78, 5) is 3.97. The van der Waals surface area contributed by atoms with Crippen molar-refractivity contribution in [2.24, 2.45) is 0 Å². The van der Waals surface area contributed by atoms with Gasteiger partial charge in [-0.3, -0.25) is 0 Å². The first-order valence-corrected chi connectivity index (χ1v) is 8.02. The third kappa shape index (κ3) is 4.46. The Balaban J connectivity index is 1.76. The van der Waals surface area contributed by atoms with Crippen molar-refractivity contribution >= 4 is 17.3 Å². The van der Waals surface area contributed by atoms with E-state index in [2.05, 4.69) is 54.4 Å². The number of nitrogens with zero attached hydrogens (tertiary/aromatic N) is 1. The second-order valence-electron chi connectivity index (χ2n) is 5.66. The van der Waals surface area contributed by atoms with Gasteiger partial charge in [0.1, 0.15) is 6.54 Å². The number of quaternary nitrogens is 1. The van der Waals surface area contributed by atoms with E-state index in [1.807, 2.05) is 0 Å². The van der Waals surface area contributed by atoms with Gasteiger partial charge in [-0.25, -0.2) is 0 Å². The second kappa shape index (κ2) is 7.60. The van der Waals surface area contributed by atoms with Crippen LogP contribution in [0.25, 0.3) is 0 Å². The highest BCUT2D eigenvalue weighted by Gasteiger charge is 2.22. The van der Waals surface area contributed by atoms with Gasteiger partial charge >= 0.3 is 0 Å². The molecule has 0 saturated carbocycles. The van der Waals surface area contributed by atoms with Crippen molar-refractivity contribution in [2.45, 2.75) is 32.9 Å². The normalized spacial score (nSPS) is 17.8. The quantitative estimate of drug-likeness (QED) is 0.810. The van der Waals surface area contributed by atoms with Crippen molar-refractivity contribution in [3.05, 3.63) is 35.9 Å². The van der Waals surface area contributed by atoms with E-state index in [1.165, 1.54) is 5.56 Å². The highest BCUT2D eigenvalue weighted by atomic mass is 32.1. The molecular formula is C16H26N3S+. The van der Waals surface area contributed by atoms with Crippen LogP contribution in [0, 0.1) is 0 Å². The number of hydrogen-bond acceptors (Lipinski definition) is 1. The lowest BCUT2D eigenvalue weighted by atomic mass is 10.2. The summed E-state index contributed by atoms with van der Waals surface area (Å²) in [6.07, 6.45) is 1.11. The first-order valence-electron chi connectivity index (χ1n) is 7.62. The molecule has 0 radical (unpaired) electrons. The van der Waals surface area contributed by atoms with E-state index in [0.717, 1.165) is 44.3 Å². The summed E-state index contributed by atoms with van der Waals surface area (Å²) in [5.74, 6) is 0. The molecule has 3 nitrogen and oxygen atoms in total. The topological polar surface area (TPSA) is 19.7 Å². The summed E-state index contributed by atoms with van der Waals surface area (Å²) in [5, 5.41) is 4.34. The van der Waals surface area contributed by atoms with Crippen LogP contribution in [0.2, 0.25) is 0 Å². The Kier molecular flexibility index (Phi) is 5.80. The standard InChI is InChI=1S/C16H25N3S/c1-3-14(2)17-16(20)19-11-9-18(10-12-19)13-15-7-5-4-6-8-15/h4-8,14H,3,9-13H2,1-2H3,(H,17,20)/p+1/t14-/m1/s1. The number of hydrogen-bond donors (Lipinski definition) is 2. The van der Waals surface area contributed by atoms with Crippen LogP contribution in [0.3, 0.4) is 0 Å². The minimum absolute atomic E-state index is 0.470. The first-order chi connectivity index (χ1) is 9.69. The van der Waals surface area contributed by atoms with E-state index in [9.17, 15) is 0 Å². The van der Waals surface area contributed by atoms with Gasteiger partial charge in [0.15, 0.2) is 5.11 Å². The molecule has 0 spiro atoms. The smallest absolute Gasteiger partial charge is 0.169 e. The van der Waals surface area contributed by atoms with Gasteiger partial charge in [-0.1, -0.05) is 37.3 Å². The average molecular weight is 292 g/mol. The zero-order valence-corrected chi connectivity index (χ0v) is 13.4. The monoisotopic (exact) mass is 292 g/mol. The summed E-state index contributed by atoms with van der Waals surface area (Å²) < 4.78 is 0. The molecule has 20 heavy (non-hydrogen) atoms. The fourth-order valence-corrected chi connectivity index (χ4v) is 2.88. The van der Waals surface area contributed by atoms with Crippen LogP contribution in [-0.4, -0.2) is 42.2 Å². The van der Waals surface area contributed by atoms with Gasteiger partial charge in [0.05, 0.1) is 26.2 Å². The number of thiocarbonyl (C=S) groups is 1. The van der Waals surface area contributed by atoms with Gasteiger partial charge in [0.25, 0.3) is 0 Å². The maximum atomic E-state index is 5.49. The molecule has 0 bridgehead atoms. The molecule has 2 rings (SSSR count). The van der Waals surface area contributed by atoms with Crippen LogP contribution >= 0.6 is 12.2 Å². The number of rotatable bonds is 4. The van der Waals surface area contributed by atoms with Crippen molar-refractivity contribution in [1.82, 2.24) is 10.2 Å². The Bertz CT molecular complexity index is 413. The predicted molar refractivity (Wildman–Crippen MR) is 87.9 cm³/mol. The third-order valence-corrected chi connectivity index (χ3v) is 4.41. The summed E-state index contributed by atoms with van der Waals surface area (Å²) >= 11 is 5.49. The maximum Gasteiger partial charge on any atom is 0.169 e. The molecule has 4 heteroatoms. The van der Waals surface area contributed by atoms with Gasteiger partial charge in [-0.15, -0.1) is 0 Å². The average Bonchev–Trinajstić information content (AvgIpc) is 2.49. The lowest BCUT2D eigenvalue weighted by Gasteiger charge is -2.34. The number of piperazine rings is 1. The molecule has 1 fully saturated rings. The molecule has 0 unspecified atom stereocenters. The van der Waals surface area contributed by atoms with Crippen molar-refractivity contribution in [3.63, 3.8) is 0 Å². The molecule has 1 atom stereocenters. The second-order valence-corrected chi connectivity index (χ2v) is 6.04. The lowest BCUT2D eigenvalue weighted by Crippen LogP contribution is -3.13. The predicted octanol–water partition coefficient (Wildman–Crippen LogP) is 1.06. The Hall–Kier alpha value is -1.13. The summed E-state index contributed by atoms with van der Waals surface area (Å²) in [6.45, 7) is 9.94. The zero-order chi connectivity index (χ0) is 14.4. The number of benzene rings is 1. The van der Waals surface area contributed by atoms with E-state index in [0.29, 0.717) is 6.04 Å². The fraction of sp³-hybridized carbons (Fsp3) is 0.562. The molecule has 1 saturated heterocycles. The van der Waals surface area contributed by atoms with E-state index in [4.69, 9.17) is 12.2 Å². The molecular weight excluding hydrogens is 266 g/mol. The molecule has 1 aliphatic rings.